The van der Waals surface area contributed by atoms with Crippen molar-refractivity contribution in [3.63, 3.8) is 0 Å². The molecule has 0 aromatic heterocycles. The number of carbonyl (C=O) groups excluding carboxylic acids is 1. The molecule has 4 nitrogen and oxygen atoms in total. The Morgan fingerprint density at radius 3 is 2.60 bits per heavy atom. The molecular formula is C12H12BrF3N2O2. The Morgan fingerprint density at radius 1 is 1.35 bits per heavy atom. The second kappa shape index (κ2) is 5.71. The number of amides is 1. The number of hydrogen-bond donors (Lipinski definition) is 2. The zero-order valence-electron chi connectivity index (χ0n) is 10.2. The fraction of sp³-hybridized carbons (Fsp3) is 0.417. The van der Waals surface area contributed by atoms with Crippen LogP contribution in [0, 0.1) is 5.92 Å². The average molecular weight is 353 g/mol. The molecule has 2 atom stereocenters. The highest BCUT2D eigenvalue weighted by molar-refractivity contribution is 9.10. The Balaban J connectivity index is 2.17. The van der Waals surface area contributed by atoms with Gasteiger partial charge in [0.1, 0.15) is 0 Å². The van der Waals surface area contributed by atoms with Crippen molar-refractivity contribution in [3.8, 4) is 0 Å². The average Bonchev–Trinajstić information content (AvgIpc) is 2.73. The van der Waals surface area contributed by atoms with E-state index in [-0.39, 0.29) is 23.4 Å². The zero-order valence-corrected chi connectivity index (χ0v) is 11.8. The largest absolute Gasteiger partial charge is 0.416 e. The van der Waals surface area contributed by atoms with Crippen molar-refractivity contribution in [1.82, 2.24) is 0 Å². The lowest BCUT2D eigenvalue weighted by Gasteiger charge is -2.15. The van der Waals surface area contributed by atoms with Crippen LogP contribution in [0.2, 0.25) is 0 Å². The number of carbonyl (C=O) groups is 1. The van der Waals surface area contributed by atoms with Gasteiger partial charge in [0.2, 0.25) is 5.91 Å². The van der Waals surface area contributed by atoms with Crippen LogP contribution in [0.15, 0.2) is 22.7 Å². The lowest BCUT2D eigenvalue weighted by molar-refractivity contribution is -0.137. The van der Waals surface area contributed by atoms with Gasteiger partial charge >= 0.3 is 6.18 Å². The predicted molar refractivity (Wildman–Crippen MR) is 70.1 cm³/mol. The van der Waals surface area contributed by atoms with Crippen molar-refractivity contribution in [1.29, 1.82) is 0 Å². The SMILES string of the molecule is NC1COCC1C(=O)Nc1cc(Br)cc(C(F)(F)F)c1. The van der Waals surface area contributed by atoms with Crippen LogP contribution >= 0.6 is 15.9 Å². The van der Waals surface area contributed by atoms with Crippen molar-refractivity contribution in [2.45, 2.75) is 12.2 Å². The number of rotatable bonds is 2. The van der Waals surface area contributed by atoms with E-state index in [2.05, 4.69) is 21.2 Å². The van der Waals surface area contributed by atoms with Gasteiger partial charge in [0.15, 0.2) is 0 Å². The summed E-state index contributed by atoms with van der Waals surface area (Å²) in [6.07, 6.45) is -4.48. The molecule has 110 valence electrons. The minimum Gasteiger partial charge on any atom is -0.379 e. The number of alkyl halides is 3. The van der Waals surface area contributed by atoms with Gasteiger partial charge in [-0.15, -0.1) is 0 Å². The molecule has 1 fully saturated rings. The van der Waals surface area contributed by atoms with Crippen LogP contribution < -0.4 is 11.1 Å². The van der Waals surface area contributed by atoms with Gasteiger partial charge in [0, 0.05) is 16.2 Å². The van der Waals surface area contributed by atoms with Crippen LogP contribution in [0.5, 0.6) is 0 Å². The molecule has 0 spiro atoms. The number of hydrogen-bond acceptors (Lipinski definition) is 3. The summed E-state index contributed by atoms with van der Waals surface area (Å²) in [6, 6.07) is 2.78. The third-order valence-electron chi connectivity index (χ3n) is 2.95. The lowest BCUT2D eigenvalue weighted by Crippen LogP contribution is -2.37. The molecule has 0 radical (unpaired) electrons. The van der Waals surface area contributed by atoms with Crippen molar-refractivity contribution < 1.29 is 22.7 Å². The topological polar surface area (TPSA) is 64.3 Å². The van der Waals surface area contributed by atoms with E-state index in [0.717, 1.165) is 12.1 Å². The van der Waals surface area contributed by atoms with Crippen LogP contribution in [0.4, 0.5) is 18.9 Å². The van der Waals surface area contributed by atoms with Crippen molar-refractivity contribution >= 4 is 27.5 Å². The lowest BCUT2D eigenvalue weighted by atomic mass is 10.0. The first kappa shape index (κ1) is 15.3. The molecule has 20 heavy (non-hydrogen) atoms. The van der Waals surface area contributed by atoms with Gasteiger partial charge in [0.05, 0.1) is 24.7 Å². The van der Waals surface area contributed by atoms with Gasteiger partial charge in [-0.3, -0.25) is 4.79 Å². The Morgan fingerprint density at radius 2 is 2.05 bits per heavy atom. The number of benzene rings is 1. The fourth-order valence-electron chi connectivity index (χ4n) is 1.90. The number of halogens is 4. The Bertz CT molecular complexity index is 522. The molecule has 0 aliphatic carbocycles. The van der Waals surface area contributed by atoms with Crippen molar-refractivity contribution in [2.24, 2.45) is 11.7 Å². The highest BCUT2D eigenvalue weighted by atomic mass is 79.9. The molecule has 1 aliphatic heterocycles. The molecule has 1 heterocycles. The van der Waals surface area contributed by atoms with Gasteiger partial charge < -0.3 is 15.8 Å². The van der Waals surface area contributed by atoms with Crippen LogP contribution in [0.3, 0.4) is 0 Å². The number of nitrogens with one attached hydrogen (secondary N) is 1. The zero-order chi connectivity index (χ0) is 14.9. The van der Waals surface area contributed by atoms with Crippen LogP contribution in [0.1, 0.15) is 5.56 Å². The first-order valence-corrected chi connectivity index (χ1v) is 6.58. The van der Waals surface area contributed by atoms with Crippen molar-refractivity contribution in [3.05, 3.63) is 28.2 Å². The molecule has 1 amide bonds. The van der Waals surface area contributed by atoms with Crippen LogP contribution in [-0.4, -0.2) is 25.2 Å². The summed E-state index contributed by atoms with van der Waals surface area (Å²) in [6.45, 7) is 0.442. The third kappa shape index (κ3) is 3.50. The quantitative estimate of drug-likeness (QED) is 0.858. The van der Waals surface area contributed by atoms with Crippen LogP contribution in [0.25, 0.3) is 0 Å². The number of nitrogens with two attached hydrogens (primary N) is 1. The van der Waals surface area contributed by atoms with Crippen molar-refractivity contribution in [2.75, 3.05) is 18.5 Å². The smallest absolute Gasteiger partial charge is 0.379 e. The number of ether oxygens (including phenoxy) is 1. The summed E-state index contributed by atoms with van der Waals surface area (Å²) in [7, 11) is 0. The standard InChI is InChI=1S/C12H12BrF3N2O2/c13-7-1-6(12(14,15)16)2-8(3-7)18-11(19)9-4-20-5-10(9)17/h1-3,9-10H,4-5,17H2,(H,18,19). The summed E-state index contributed by atoms with van der Waals surface area (Å²) in [5.41, 5.74) is 4.91. The van der Waals surface area contributed by atoms with E-state index < -0.39 is 29.6 Å². The maximum absolute atomic E-state index is 12.7. The summed E-state index contributed by atoms with van der Waals surface area (Å²) < 4.78 is 43.3. The summed E-state index contributed by atoms with van der Waals surface area (Å²) in [4.78, 5) is 11.9. The van der Waals surface area contributed by atoms with E-state index in [1.165, 1.54) is 6.07 Å². The van der Waals surface area contributed by atoms with Crippen LogP contribution in [-0.2, 0) is 15.7 Å². The second-order valence-corrected chi connectivity index (χ2v) is 5.44. The first-order valence-electron chi connectivity index (χ1n) is 5.79. The van der Waals surface area contributed by atoms with E-state index >= 15 is 0 Å². The van der Waals surface area contributed by atoms with E-state index in [4.69, 9.17) is 10.5 Å². The molecule has 1 aliphatic rings. The second-order valence-electron chi connectivity index (χ2n) is 4.52. The maximum atomic E-state index is 12.7. The molecule has 0 bridgehead atoms. The highest BCUT2D eigenvalue weighted by Gasteiger charge is 2.33. The van der Waals surface area contributed by atoms with E-state index in [9.17, 15) is 18.0 Å². The Hall–Kier alpha value is -1.12. The normalized spacial score (nSPS) is 22.9. The molecule has 1 aromatic carbocycles. The van der Waals surface area contributed by atoms with E-state index in [0.29, 0.717) is 0 Å². The van der Waals surface area contributed by atoms with Gasteiger partial charge in [-0.2, -0.15) is 13.2 Å². The molecule has 3 N–H and O–H groups in total. The monoisotopic (exact) mass is 352 g/mol. The molecular weight excluding hydrogens is 341 g/mol. The highest BCUT2D eigenvalue weighted by Crippen LogP contribution is 2.33. The first-order chi connectivity index (χ1) is 9.27. The minimum absolute atomic E-state index is 0.0656. The molecule has 1 saturated heterocycles. The summed E-state index contributed by atoms with van der Waals surface area (Å²) in [5, 5.41) is 2.44. The molecule has 2 rings (SSSR count). The fourth-order valence-corrected chi connectivity index (χ4v) is 2.39. The molecule has 8 heteroatoms. The predicted octanol–water partition coefficient (Wildman–Crippen LogP) is 2.38. The summed E-state index contributed by atoms with van der Waals surface area (Å²) in [5.74, 6) is -0.996. The van der Waals surface area contributed by atoms with Gasteiger partial charge in [0.25, 0.3) is 0 Å². The Labute approximate surface area is 121 Å². The van der Waals surface area contributed by atoms with Gasteiger partial charge in [-0.1, -0.05) is 15.9 Å². The maximum Gasteiger partial charge on any atom is 0.416 e. The molecule has 2 unspecified atom stereocenters. The van der Waals surface area contributed by atoms with Gasteiger partial charge in [-0.25, -0.2) is 0 Å². The summed E-state index contributed by atoms with van der Waals surface area (Å²) >= 11 is 2.99. The molecule has 1 aromatic rings. The molecule has 0 saturated carbocycles. The minimum atomic E-state index is -4.48. The third-order valence-corrected chi connectivity index (χ3v) is 3.41. The van der Waals surface area contributed by atoms with Gasteiger partial charge in [-0.05, 0) is 18.2 Å². The van der Waals surface area contributed by atoms with E-state index in [1.807, 2.05) is 0 Å². The number of anilines is 1. The van der Waals surface area contributed by atoms with E-state index in [1.54, 1.807) is 0 Å². The Kier molecular flexibility index (Phi) is 4.36.